The molecular weight excluding hydrogens is 480 g/mol. The summed E-state index contributed by atoms with van der Waals surface area (Å²) in [5.41, 5.74) is 0.315. The van der Waals surface area contributed by atoms with Crippen LogP contribution in [0.3, 0.4) is 0 Å². The number of benzene rings is 3. The lowest BCUT2D eigenvalue weighted by atomic mass is 9.90. The topological polar surface area (TPSA) is 99.4 Å². The summed E-state index contributed by atoms with van der Waals surface area (Å²) >= 11 is 0. The summed E-state index contributed by atoms with van der Waals surface area (Å²) in [6.45, 7) is 14.3. The Labute approximate surface area is 226 Å². The highest BCUT2D eigenvalue weighted by molar-refractivity contribution is 5.40. The van der Waals surface area contributed by atoms with Gasteiger partial charge in [-0.1, -0.05) is 24.3 Å². The van der Waals surface area contributed by atoms with Gasteiger partial charge in [-0.3, -0.25) is 0 Å². The lowest BCUT2D eigenvalue weighted by Crippen LogP contribution is -2.20. The maximum atomic E-state index is 10.5. The molecule has 3 aromatic rings. The third-order valence-corrected chi connectivity index (χ3v) is 6.47. The maximum absolute atomic E-state index is 10.5. The molecule has 6 heteroatoms. The molecule has 0 aliphatic heterocycles. The summed E-state index contributed by atoms with van der Waals surface area (Å²) in [6, 6.07) is 18.6. The van der Waals surface area contributed by atoms with E-state index in [1.807, 2.05) is 24.3 Å². The van der Waals surface area contributed by atoms with Gasteiger partial charge in [0.2, 0.25) is 0 Å². The van der Waals surface area contributed by atoms with Crippen molar-refractivity contribution in [3.63, 3.8) is 0 Å². The quantitative estimate of drug-likeness (QED) is 0.270. The van der Waals surface area contributed by atoms with E-state index in [0.29, 0.717) is 47.0 Å². The van der Waals surface area contributed by atoms with Crippen LogP contribution < -0.4 is 9.47 Å². The molecule has 0 aliphatic carbocycles. The zero-order chi connectivity index (χ0) is 28.5. The fourth-order valence-corrected chi connectivity index (χ4v) is 3.84. The van der Waals surface area contributed by atoms with Crippen molar-refractivity contribution in [2.75, 3.05) is 0 Å². The Balaban J connectivity index is 1.70. The van der Waals surface area contributed by atoms with E-state index in [4.69, 9.17) is 9.47 Å². The first kappa shape index (κ1) is 29.7. The molecule has 0 fully saturated rings. The van der Waals surface area contributed by atoms with Crippen molar-refractivity contribution in [2.24, 2.45) is 0 Å². The van der Waals surface area contributed by atoms with Gasteiger partial charge in [-0.05, 0) is 125 Å². The van der Waals surface area contributed by atoms with E-state index < -0.39 is 22.4 Å². The lowest BCUT2D eigenvalue weighted by molar-refractivity contribution is 0.0700. The molecule has 38 heavy (non-hydrogen) atoms. The second kappa shape index (κ2) is 10.7. The highest BCUT2D eigenvalue weighted by atomic mass is 16.5. The molecule has 0 bridgehead atoms. The van der Waals surface area contributed by atoms with Crippen molar-refractivity contribution >= 4 is 0 Å². The maximum Gasteiger partial charge on any atom is 0.120 e. The average molecular weight is 523 g/mol. The third-order valence-electron chi connectivity index (χ3n) is 6.47. The van der Waals surface area contributed by atoms with Gasteiger partial charge in [0, 0.05) is 0 Å². The standard InChI is InChI=1S/C32H42O6/c1-29(2,33)23-13-24(30(3,4)34)16-27(15-23)37-19-21-9-11-22(12-10-21)20-38-28-17-25(31(5,6)35)14-26(18-28)32(7,8)36/h9-18,33-36H,19-20H2,1-8H3. The SMILES string of the molecule is CC(C)(O)c1cc(OCc2ccc(COc3cc(C(C)(C)O)cc(C(C)(C)O)c3)cc2)cc(C(C)(C)O)c1. The van der Waals surface area contributed by atoms with Crippen LogP contribution in [0, 0.1) is 0 Å². The van der Waals surface area contributed by atoms with Crippen LogP contribution in [-0.4, -0.2) is 20.4 Å². The van der Waals surface area contributed by atoms with Crippen LogP contribution in [0.2, 0.25) is 0 Å². The van der Waals surface area contributed by atoms with Crippen LogP contribution in [0.1, 0.15) is 88.8 Å². The monoisotopic (exact) mass is 522 g/mol. The highest BCUT2D eigenvalue weighted by Gasteiger charge is 2.24. The molecule has 3 rings (SSSR count). The third kappa shape index (κ3) is 8.05. The van der Waals surface area contributed by atoms with Gasteiger partial charge in [-0.25, -0.2) is 0 Å². The molecule has 0 amide bonds. The van der Waals surface area contributed by atoms with Gasteiger partial charge in [-0.2, -0.15) is 0 Å². The number of rotatable bonds is 10. The average Bonchev–Trinajstić information content (AvgIpc) is 2.79. The van der Waals surface area contributed by atoms with Gasteiger partial charge >= 0.3 is 0 Å². The Hall–Kier alpha value is -2.90. The molecule has 0 unspecified atom stereocenters. The smallest absolute Gasteiger partial charge is 0.120 e. The van der Waals surface area contributed by atoms with Gasteiger partial charge in [-0.15, -0.1) is 0 Å². The summed E-state index contributed by atoms with van der Waals surface area (Å²) in [6.07, 6.45) is 0. The summed E-state index contributed by atoms with van der Waals surface area (Å²) in [4.78, 5) is 0. The van der Waals surface area contributed by atoms with E-state index in [9.17, 15) is 20.4 Å². The van der Waals surface area contributed by atoms with E-state index in [1.54, 1.807) is 91.8 Å². The highest BCUT2D eigenvalue weighted by Crippen LogP contribution is 2.33. The van der Waals surface area contributed by atoms with Gasteiger partial charge in [0.15, 0.2) is 0 Å². The fourth-order valence-electron chi connectivity index (χ4n) is 3.84. The molecule has 0 radical (unpaired) electrons. The molecule has 6 nitrogen and oxygen atoms in total. The summed E-state index contributed by atoms with van der Waals surface area (Å²) in [7, 11) is 0. The lowest BCUT2D eigenvalue weighted by Gasteiger charge is -2.24. The molecule has 0 atom stereocenters. The first-order valence-electron chi connectivity index (χ1n) is 12.9. The molecule has 0 spiro atoms. The van der Waals surface area contributed by atoms with Crippen molar-refractivity contribution in [1.29, 1.82) is 0 Å². The largest absolute Gasteiger partial charge is 0.489 e. The molecule has 206 valence electrons. The minimum atomic E-state index is -1.07. The van der Waals surface area contributed by atoms with Crippen molar-refractivity contribution < 1.29 is 29.9 Å². The van der Waals surface area contributed by atoms with E-state index in [-0.39, 0.29) is 0 Å². The molecule has 3 aromatic carbocycles. The van der Waals surface area contributed by atoms with Gasteiger partial charge in [0.25, 0.3) is 0 Å². The number of hydrogen-bond donors (Lipinski definition) is 4. The molecule has 0 aliphatic rings. The van der Waals surface area contributed by atoms with Crippen LogP contribution in [0.15, 0.2) is 60.7 Å². The Morgan fingerprint density at radius 1 is 0.447 bits per heavy atom. The normalized spacial score (nSPS) is 12.9. The van der Waals surface area contributed by atoms with Crippen molar-refractivity contribution in [1.82, 2.24) is 0 Å². The van der Waals surface area contributed by atoms with Crippen LogP contribution in [-0.2, 0) is 35.6 Å². The Kier molecular flexibility index (Phi) is 8.35. The van der Waals surface area contributed by atoms with Crippen LogP contribution in [0.4, 0.5) is 0 Å². The zero-order valence-electron chi connectivity index (χ0n) is 23.8. The first-order chi connectivity index (χ1) is 17.3. The molecular formula is C32H42O6. The van der Waals surface area contributed by atoms with E-state index in [0.717, 1.165) is 11.1 Å². The minimum absolute atomic E-state index is 0.324. The number of aliphatic hydroxyl groups is 4. The predicted molar refractivity (Wildman–Crippen MR) is 149 cm³/mol. The molecule has 0 aromatic heterocycles. The van der Waals surface area contributed by atoms with E-state index in [2.05, 4.69) is 0 Å². The van der Waals surface area contributed by atoms with Crippen LogP contribution in [0.25, 0.3) is 0 Å². The second-order valence-corrected chi connectivity index (χ2v) is 12.1. The van der Waals surface area contributed by atoms with E-state index >= 15 is 0 Å². The zero-order valence-corrected chi connectivity index (χ0v) is 23.8. The van der Waals surface area contributed by atoms with E-state index in [1.165, 1.54) is 0 Å². The minimum Gasteiger partial charge on any atom is -0.489 e. The number of hydrogen-bond acceptors (Lipinski definition) is 6. The second-order valence-electron chi connectivity index (χ2n) is 12.1. The molecule has 0 saturated heterocycles. The summed E-state index contributed by atoms with van der Waals surface area (Å²) in [5, 5.41) is 42.0. The van der Waals surface area contributed by atoms with Crippen LogP contribution in [0.5, 0.6) is 11.5 Å². The number of ether oxygens (including phenoxy) is 2. The Bertz CT molecular complexity index is 1070. The molecule has 0 heterocycles. The van der Waals surface area contributed by atoms with Gasteiger partial charge in [0.05, 0.1) is 22.4 Å². The first-order valence-corrected chi connectivity index (χ1v) is 12.9. The van der Waals surface area contributed by atoms with Crippen molar-refractivity contribution in [3.05, 3.63) is 94.0 Å². The summed E-state index contributed by atoms with van der Waals surface area (Å²) in [5.74, 6) is 1.15. The van der Waals surface area contributed by atoms with Crippen molar-refractivity contribution in [2.45, 2.75) is 91.0 Å². The Morgan fingerprint density at radius 2 is 0.684 bits per heavy atom. The molecule has 4 N–H and O–H groups in total. The molecule has 0 saturated carbocycles. The Morgan fingerprint density at radius 3 is 0.895 bits per heavy atom. The van der Waals surface area contributed by atoms with Gasteiger partial charge < -0.3 is 29.9 Å². The predicted octanol–water partition coefficient (Wildman–Crippen LogP) is 5.75. The van der Waals surface area contributed by atoms with Gasteiger partial charge in [0.1, 0.15) is 24.7 Å². The summed E-state index contributed by atoms with van der Waals surface area (Å²) < 4.78 is 12.0. The van der Waals surface area contributed by atoms with Crippen molar-refractivity contribution in [3.8, 4) is 11.5 Å². The van der Waals surface area contributed by atoms with Crippen LogP contribution >= 0.6 is 0 Å². The fraction of sp³-hybridized carbons (Fsp3) is 0.438.